The summed E-state index contributed by atoms with van der Waals surface area (Å²) in [5, 5.41) is 3.14. The van der Waals surface area contributed by atoms with Crippen LogP contribution in [0.4, 0.5) is 10.1 Å². The monoisotopic (exact) mass is 352 g/mol. The molecule has 21 heavy (non-hydrogen) atoms. The van der Waals surface area contributed by atoms with E-state index in [1.807, 2.05) is 12.1 Å². The number of hydrogen-bond donors (Lipinski definition) is 2. The van der Waals surface area contributed by atoms with Crippen LogP contribution < -0.4 is 15.8 Å². The van der Waals surface area contributed by atoms with Crippen molar-refractivity contribution in [1.29, 1.82) is 0 Å². The van der Waals surface area contributed by atoms with Crippen LogP contribution in [0.1, 0.15) is 5.56 Å². The molecule has 2 aromatic rings. The Bertz CT molecular complexity index is 632. The van der Waals surface area contributed by atoms with E-state index in [2.05, 4.69) is 21.2 Å². The number of halogens is 2. The quantitative estimate of drug-likeness (QED) is 0.839. The lowest BCUT2D eigenvalue weighted by Crippen LogP contribution is -2.19. The van der Waals surface area contributed by atoms with Crippen molar-refractivity contribution in [2.24, 2.45) is 5.73 Å². The Labute approximate surface area is 130 Å². The highest BCUT2D eigenvalue weighted by molar-refractivity contribution is 9.10. The molecule has 6 heteroatoms. The van der Waals surface area contributed by atoms with Gasteiger partial charge in [0.05, 0.1) is 5.69 Å². The van der Waals surface area contributed by atoms with E-state index in [1.165, 1.54) is 12.1 Å². The third-order valence-corrected chi connectivity index (χ3v) is 3.41. The summed E-state index contributed by atoms with van der Waals surface area (Å²) in [5.41, 5.74) is 6.68. The van der Waals surface area contributed by atoms with Crippen molar-refractivity contribution in [3.8, 4) is 5.75 Å². The lowest BCUT2D eigenvalue weighted by Gasteiger charge is -2.09. The zero-order valence-electron chi connectivity index (χ0n) is 11.1. The number of nitrogens with one attached hydrogen (secondary N) is 1. The van der Waals surface area contributed by atoms with Gasteiger partial charge in [-0.2, -0.15) is 0 Å². The van der Waals surface area contributed by atoms with E-state index in [0.29, 0.717) is 18.0 Å². The Morgan fingerprint density at radius 2 is 1.95 bits per heavy atom. The first kappa shape index (κ1) is 15.3. The summed E-state index contributed by atoms with van der Waals surface area (Å²) in [4.78, 5) is 10.6. The fourth-order valence-electron chi connectivity index (χ4n) is 1.69. The highest BCUT2D eigenvalue weighted by atomic mass is 79.9. The average Bonchev–Trinajstić information content (AvgIpc) is 2.47. The van der Waals surface area contributed by atoms with Gasteiger partial charge in [0.15, 0.2) is 6.61 Å². The molecule has 0 spiro atoms. The van der Waals surface area contributed by atoms with Crippen LogP contribution >= 0.6 is 15.9 Å². The molecule has 0 heterocycles. The van der Waals surface area contributed by atoms with Crippen molar-refractivity contribution in [2.45, 2.75) is 6.54 Å². The summed E-state index contributed by atoms with van der Waals surface area (Å²) in [6, 6.07) is 11.7. The number of carbonyl (C=O) groups excluding carboxylic acids is 1. The Balaban J connectivity index is 1.94. The molecule has 2 rings (SSSR count). The minimum Gasteiger partial charge on any atom is -0.484 e. The second-order valence-electron chi connectivity index (χ2n) is 4.38. The topological polar surface area (TPSA) is 64.4 Å². The molecule has 0 bridgehead atoms. The third-order valence-electron chi connectivity index (χ3n) is 2.72. The number of carbonyl (C=O) groups is 1. The summed E-state index contributed by atoms with van der Waals surface area (Å²) >= 11 is 3.36. The van der Waals surface area contributed by atoms with Gasteiger partial charge < -0.3 is 15.8 Å². The highest BCUT2D eigenvalue weighted by Gasteiger charge is 2.02. The summed E-state index contributed by atoms with van der Waals surface area (Å²) < 4.78 is 19.1. The van der Waals surface area contributed by atoms with Crippen LogP contribution in [0.5, 0.6) is 5.75 Å². The molecule has 0 unspecified atom stereocenters. The number of rotatable bonds is 6. The number of anilines is 1. The first-order valence-electron chi connectivity index (χ1n) is 6.23. The van der Waals surface area contributed by atoms with Crippen molar-refractivity contribution in [1.82, 2.24) is 0 Å². The van der Waals surface area contributed by atoms with E-state index in [4.69, 9.17) is 10.5 Å². The van der Waals surface area contributed by atoms with Crippen molar-refractivity contribution in [2.75, 3.05) is 11.9 Å². The van der Waals surface area contributed by atoms with Gasteiger partial charge in [0.1, 0.15) is 11.6 Å². The van der Waals surface area contributed by atoms with Crippen LogP contribution in [0.15, 0.2) is 46.9 Å². The van der Waals surface area contributed by atoms with Gasteiger partial charge in [-0.15, -0.1) is 0 Å². The third kappa shape index (κ3) is 4.75. The average molecular weight is 353 g/mol. The van der Waals surface area contributed by atoms with E-state index < -0.39 is 5.91 Å². The molecular weight excluding hydrogens is 339 g/mol. The molecule has 0 saturated carbocycles. The van der Waals surface area contributed by atoms with Crippen LogP contribution in [0.3, 0.4) is 0 Å². The second-order valence-corrected chi connectivity index (χ2v) is 5.23. The van der Waals surface area contributed by atoms with Gasteiger partial charge in [-0.05, 0) is 51.8 Å². The summed E-state index contributed by atoms with van der Waals surface area (Å²) in [6.07, 6.45) is 0. The molecule has 110 valence electrons. The van der Waals surface area contributed by atoms with Crippen LogP contribution in [0, 0.1) is 5.82 Å². The normalized spacial score (nSPS) is 10.2. The predicted octanol–water partition coefficient (Wildman–Crippen LogP) is 3.06. The summed E-state index contributed by atoms with van der Waals surface area (Å²) in [7, 11) is 0. The Morgan fingerprint density at radius 3 is 2.62 bits per heavy atom. The molecule has 0 aliphatic heterocycles. The van der Waals surface area contributed by atoms with Gasteiger partial charge in [0.25, 0.3) is 5.91 Å². The van der Waals surface area contributed by atoms with Crippen LogP contribution in [0.2, 0.25) is 0 Å². The van der Waals surface area contributed by atoms with E-state index in [9.17, 15) is 9.18 Å². The number of ether oxygens (including phenoxy) is 1. The maximum absolute atomic E-state index is 13.2. The molecule has 0 fully saturated rings. The van der Waals surface area contributed by atoms with E-state index in [1.54, 1.807) is 18.2 Å². The fraction of sp³-hybridized carbons (Fsp3) is 0.133. The lowest BCUT2D eigenvalue weighted by atomic mass is 10.2. The molecule has 3 N–H and O–H groups in total. The fourth-order valence-corrected chi connectivity index (χ4v) is 2.08. The van der Waals surface area contributed by atoms with Crippen molar-refractivity contribution in [3.05, 3.63) is 58.3 Å². The van der Waals surface area contributed by atoms with Crippen molar-refractivity contribution < 1.29 is 13.9 Å². The SMILES string of the molecule is NC(=O)COc1ccc(CNc2cc(F)ccc2Br)cc1. The van der Waals surface area contributed by atoms with Gasteiger partial charge in [0.2, 0.25) is 0 Å². The van der Waals surface area contributed by atoms with Gasteiger partial charge in [-0.1, -0.05) is 12.1 Å². The molecule has 0 atom stereocenters. The zero-order chi connectivity index (χ0) is 15.2. The smallest absolute Gasteiger partial charge is 0.255 e. The predicted molar refractivity (Wildman–Crippen MR) is 82.6 cm³/mol. The van der Waals surface area contributed by atoms with Crippen molar-refractivity contribution in [3.63, 3.8) is 0 Å². The largest absolute Gasteiger partial charge is 0.484 e. The molecule has 0 aliphatic rings. The van der Waals surface area contributed by atoms with Gasteiger partial charge in [-0.3, -0.25) is 4.79 Å². The number of benzene rings is 2. The Hall–Kier alpha value is -2.08. The molecule has 4 nitrogen and oxygen atoms in total. The van der Waals surface area contributed by atoms with Crippen LogP contribution in [0.25, 0.3) is 0 Å². The number of hydrogen-bond acceptors (Lipinski definition) is 3. The minimum atomic E-state index is -0.517. The van der Waals surface area contributed by atoms with Gasteiger partial charge in [-0.25, -0.2) is 4.39 Å². The maximum Gasteiger partial charge on any atom is 0.255 e. The van der Waals surface area contributed by atoms with Gasteiger partial charge >= 0.3 is 0 Å². The lowest BCUT2D eigenvalue weighted by molar-refractivity contribution is -0.119. The molecule has 0 radical (unpaired) electrons. The summed E-state index contributed by atoms with van der Waals surface area (Å²) in [5.74, 6) is -0.239. The standard InChI is InChI=1S/C15H14BrFN2O2/c16-13-6-3-11(17)7-14(13)19-8-10-1-4-12(5-2-10)21-9-15(18)20/h1-7,19H,8-9H2,(H2,18,20). The van der Waals surface area contributed by atoms with E-state index >= 15 is 0 Å². The maximum atomic E-state index is 13.2. The van der Waals surface area contributed by atoms with Crippen molar-refractivity contribution >= 4 is 27.5 Å². The van der Waals surface area contributed by atoms with E-state index in [-0.39, 0.29) is 12.4 Å². The number of nitrogens with two attached hydrogens (primary N) is 1. The second kappa shape index (κ2) is 7.08. The minimum absolute atomic E-state index is 0.145. The molecule has 0 aliphatic carbocycles. The number of amides is 1. The van der Waals surface area contributed by atoms with Gasteiger partial charge in [0, 0.05) is 11.0 Å². The molecular formula is C15H14BrFN2O2. The Morgan fingerprint density at radius 1 is 1.24 bits per heavy atom. The first-order valence-corrected chi connectivity index (χ1v) is 7.03. The zero-order valence-corrected chi connectivity index (χ0v) is 12.7. The number of primary amides is 1. The van der Waals surface area contributed by atoms with Crippen LogP contribution in [-0.4, -0.2) is 12.5 Å². The summed E-state index contributed by atoms with van der Waals surface area (Å²) in [6.45, 7) is 0.395. The molecule has 2 aromatic carbocycles. The molecule has 0 aromatic heterocycles. The Kier molecular flexibility index (Phi) is 5.16. The highest BCUT2D eigenvalue weighted by Crippen LogP contribution is 2.23. The van der Waals surface area contributed by atoms with Crippen LogP contribution in [-0.2, 0) is 11.3 Å². The first-order chi connectivity index (χ1) is 10.0. The van der Waals surface area contributed by atoms with E-state index in [0.717, 1.165) is 10.0 Å². The molecule has 1 amide bonds. The molecule has 0 saturated heterocycles.